The number of hydrogen-bond donors (Lipinski definition) is 2. The first kappa shape index (κ1) is 21.0. The molecule has 0 aliphatic carbocycles. The normalized spacial score (nSPS) is 14.5. The lowest BCUT2D eigenvalue weighted by Gasteiger charge is -2.32. The molecular formula is C22H25ClN2O4. The lowest BCUT2D eigenvalue weighted by atomic mass is 10.0. The number of phenolic OH excluding ortho intramolecular Hbond substituents is 1. The van der Waals surface area contributed by atoms with Gasteiger partial charge in [-0.05, 0) is 68.1 Å². The number of aromatic hydroxyl groups is 1. The smallest absolute Gasteiger partial charge is 0.260 e. The topological polar surface area (TPSA) is 78.9 Å². The summed E-state index contributed by atoms with van der Waals surface area (Å²) in [5.41, 5.74) is 2.25. The van der Waals surface area contributed by atoms with Crippen molar-refractivity contribution in [2.75, 3.05) is 19.7 Å². The van der Waals surface area contributed by atoms with Crippen molar-refractivity contribution >= 4 is 23.4 Å². The average molecular weight is 417 g/mol. The van der Waals surface area contributed by atoms with Gasteiger partial charge in [0.25, 0.3) is 11.8 Å². The van der Waals surface area contributed by atoms with E-state index < -0.39 is 0 Å². The highest BCUT2D eigenvalue weighted by Gasteiger charge is 2.24. The Bertz CT molecular complexity index is 884. The third kappa shape index (κ3) is 5.41. The number of amides is 2. The van der Waals surface area contributed by atoms with E-state index in [1.54, 1.807) is 17.0 Å². The fraction of sp³-hybridized carbons (Fsp3) is 0.364. The second kappa shape index (κ2) is 9.18. The molecule has 2 aromatic rings. The Labute approximate surface area is 175 Å². The molecule has 0 aromatic heterocycles. The van der Waals surface area contributed by atoms with Crippen LogP contribution in [0, 0.1) is 13.8 Å². The van der Waals surface area contributed by atoms with Gasteiger partial charge in [0.2, 0.25) is 0 Å². The Morgan fingerprint density at radius 3 is 2.45 bits per heavy atom. The summed E-state index contributed by atoms with van der Waals surface area (Å²) in [5.74, 6) is 0.394. The maximum atomic E-state index is 12.5. The number of likely N-dealkylation sites (tertiary alicyclic amines) is 1. The SMILES string of the molecule is Cc1cc(OCC(=O)N2CCC(NC(=O)c3cccc(O)c3)CC2)cc(C)c1Cl. The summed E-state index contributed by atoms with van der Waals surface area (Å²) >= 11 is 6.16. The Kier molecular flexibility index (Phi) is 6.64. The molecule has 2 aromatic carbocycles. The van der Waals surface area contributed by atoms with Crippen LogP contribution in [0.1, 0.15) is 34.3 Å². The van der Waals surface area contributed by atoms with E-state index in [1.165, 1.54) is 12.1 Å². The lowest BCUT2D eigenvalue weighted by molar-refractivity contribution is -0.134. The summed E-state index contributed by atoms with van der Waals surface area (Å²) in [7, 11) is 0. The van der Waals surface area contributed by atoms with Gasteiger partial charge >= 0.3 is 0 Å². The number of nitrogens with zero attached hydrogens (tertiary/aromatic N) is 1. The molecule has 0 saturated carbocycles. The van der Waals surface area contributed by atoms with Gasteiger partial charge in [-0.2, -0.15) is 0 Å². The van der Waals surface area contributed by atoms with E-state index in [-0.39, 0.29) is 30.2 Å². The molecule has 0 radical (unpaired) electrons. The molecule has 3 rings (SSSR count). The van der Waals surface area contributed by atoms with Gasteiger partial charge in [-0.25, -0.2) is 0 Å². The number of rotatable bonds is 5. The van der Waals surface area contributed by atoms with Gasteiger partial charge in [0.05, 0.1) is 0 Å². The number of halogens is 1. The molecule has 0 spiro atoms. The summed E-state index contributed by atoms with van der Waals surface area (Å²) < 4.78 is 5.65. The first-order valence-corrected chi connectivity index (χ1v) is 9.98. The quantitative estimate of drug-likeness (QED) is 0.782. The molecule has 29 heavy (non-hydrogen) atoms. The Morgan fingerprint density at radius 1 is 1.17 bits per heavy atom. The van der Waals surface area contributed by atoms with Crippen LogP contribution in [0.3, 0.4) is 0 Å². The fourth-order valence-corrected chi connectivity index (χ4v) is 3.52. The van der Waals surface area contributed by atoms with Crippen molar-refractivity contribution in [1.82, 2.24) is 10.2 Å². The highest BCUT2D eigenvalue weighted by Crippen LogP contribution is 2.26. The van der Waals surface area contributed by atoms with Crippen LogP contribution in [-0.4, -0.2) is 47.6 Å². The number of benzene rings is 2. The van der Waals surface area contributed by atoms with E-state index in [2.05, 4.69) is 5.32 Å². The number of hydrogen-bond acceptors (Lipinski definition) is 4. The summed E-state index contributed by atoms with van der Waals surface area (Å²) in [5, 5.41) is 13.2. The number of ether oxygens (including phenoxy) is 1. The molecule has 1 aliphatic rings. The zero-order valence-electron chi connectivity index (χ0n) is 16.6. The predicted molar refractivity (Wildman–Crippen MR) is 112 cm³/mol. The van der Waals surface area contributed by atoms with Crippen LogP contribution < -0.4 is 10.1 Å². The molecule has 7 heteroatoms. The molecule has 2 amide bonds. The molecule has 1 fully saturated rings. The van der Waals surface area contributed by atoms with Crippen LogP contribution in [0.5, 0.6) is 11.5 Å². The Morgan fingerprint density at radius 2 is 1.83 bits per heavy atom. The Hall–Kier alpha value is -2.73. The van der Waals surface area contributed by atoms with Crippen LogP contribution in [0.4, 0.5) is 0 Å². The van der Waals surface area contributed by atoms with Crippen LogP contribution in [0.2, 0.25) is 5.02 Å². The Balaban J connectivity index is 1.46. The second-order valence-electron chi connectivity index (χ2n) is 7.34. The molecule has 1 saturated heterocycles. The number of carbonyl (C=O) groups is 2. The van der Waals surface area contributed by atoms with E-state index in [0.717, 1.165) is 11.1 Å². The van der Waals surface area contributed by atoms with Crippen molar-refractivity contribution < 1.29 is 19.4 Å². The minimum atomic E-state index is -0.220. The van der Waals surface area contributed by atoms with Crippen molar-refractivity contribution in [2.24, 2.45) is 0 Å². The zero-order chi connectivity index (χ0) is 21.0. The van der Waals surface area contributed by atoms with E-state index in [1.807, 2.05) is 26.0 Å². The molecule has 154 valence electrons. The first-order valence-electron chi connectivity index (χ1n) is 9.60. The maximum absolute atomic E-state index is 12.5. The van der Waals surface area contributed by atoms with Gasteiger partial charge in [0.1, 0.15) is 11.5 Å². The third-order valence-corrected chi connectivity index (χ3v) is 5.66. The van der Waals surface area contributed by atoms with Gasteiger partial charge in [-0.1, -0.05) is 17.7 Å². The molecule has 2 N–H and O–H groups in total. The van der Waals surface area contributed by atoms with E-state index in [9.17, 15) is 14.7 Å². The maximum Gasteiger partial charge on any atom is 0.260 e. The van der Waals surface area contributed by atoms with Crippen molar-refractivity contribution in [1.29, 1.82) is 0 Å². The summed E-state index contributed by atoms with van der Waals surface area (Å²) in [6.07, 6.45) is 1.35. The minimum Gasteiger partial charge on any atom is -0.508 e. The highest BCUT2D eigenvalue weighted by molar-refractivity contribution is 6.32. The molecule has 1 aliphatic heterocycles. The van der Waals surface area contributed by atoms with Gasteiger partial charge < -0.3 is 20.1 Å². The van der Waals surface area contributed by atoms with E-state index in [0.29, 0.717) is 42.3 Å². The van der Waals surface area contributed by atoms with Crippen LogP contribution in [0.15, 0.2) is 36.4 Å². The molecule has 6 nitrogen and oxygen atoms in total. The first-order chi connectivity index (χ1) is 13.8. The summed E-state index contributed by atoms with van der Waals surface area (Å²) in [6.45, 7) is 4.90. The van der Waals surface area contributed by atoms with E-state index >= 15 is 0 Å². The van der Waals surface area contributed by atoms with E-state index in [4.69, 9.17) is 16.3 Å². The monoisotopic (exact) mass is 416 g/mol. The van der Waals surface area contributed by atoms with Gasteiger partial charge in [0.15, 0.2) is 6.61 Å². The number of carbonyl (C=O) groups excluding carboxylic acids is 2. The standard InChI is InChI=1S/C22H25ClN2O4/c1-14-10-19(11-15(2)21(14)23)29-13-20(27)25-8-6-17(7-9-25)24-22(28)16-4-3-5-18(26)12-16/h3-5,10-12,17,26H,6-9,13H2,1-2H3,(H,24,28). The zero-order valence-corrected chi connectivity index (χ0v) is 17.3. The molecule has 0 bridgehead atoms. The minimum absolute atomic E-state index is 0.00335. The third-order valence-electron chi connectivity index (χ3n) is 5.06. The molecular weight excluding hydrogens is 392 g/mol. The lowest BCUT2D eigenvalue weighted by Crippen LogP contribution is -2.47. The van der Waals surface area contributed by atoms with Crippen LogP contribution >= 0.6 is 11.6 Å². The van der Waals surface area contributed by atoms with Crippen LogP contribution in [-0.2, 0) is 4.79 Å². The van der Waals surface area contributed by atoms with Gasteiger partial charge in [-0.3, -0.25) is 9.59 Å². The van der Waals surface area contributed by atoms with Crippen LogP contribution in [0.25, 0.3) is 0 Å². The number of piperidine rings is 1. The summed E-state index contributed by atoms with van der Waals surface area (Å²) in [4.78, 5) is 26.5. The number of phenols is 1. The predicted octanol–water partition coefficient (Wildman–Crippen LogP) is 3.46. The molecule has 1 heterocycles. The van der Waals surface area contributed by atoms with Crippen molar-refractivity contribution in [3.63, 3.8) is 0 Å². The molecule has 0 atom stereocenters. The number of aryl methyl sites for hydroxylation is 2. The average Bonchev–Trinajstić information content (AvgIpc) is 2.70. The van der Waals surface area contributed by atoms with Gasteiger partial charge in [0, 0.05) is 29.7 Å². The van der Waals surface area contributed by atoms with Crippen molar-refractivity contribution in [3.05, 3.63) is 58.1 Å². The largest absolute Gasteiger partial charge is 0.508 e. The van der Waals surface area contributed by atoms with Crippen molar-refractivity contribution in [3.8, 4) is 11.5 Å². The summed E-state index contributed by atoms with van der Waals surface area (Å²) in [6, 6.07) is 9.90. The van der Waals surface area contributed by atoms with Crippen molar-refractivity contribution in [2.45, 2.75) is 32.7 Å². The molecule has 0 unspecified atom stereocenters. The fourth-order valence-electron chi connectivity index (χ4n) is 3.41. The van der Waals surface area contributed by atoms with Gasteiger partial charge in [-0.15, -0.1) is 0 Å². The number of nitrogens with one attached hydrogen (secondary N) is 1. The highest BCUT2D eigenvalue weighted by atomic mass is 35.5. The second-order valence-corrected chi connectivity index (χ2v) is 7.72.